The Balaban J connectivity index is 2.18. The lowest BCUT2D eigenvalue weighted by molar-refractivity contribution is -0.134. The first kappa shape index (κ1) is 16.2. The second kappa shape index (κ2) is 6.28. The molecule has 0 radical (unpaired) electrons. The van der Waals surface area contributed by atoms with Gasteiger partial charge in [0, 0.05) is 26.3 Å². The molecular formula is C15H21N5O2. The van der Waals surface area contributed by atoms with Crippen LogP contribution in [0.1, 0.15) is 30.7 Å². The minimum atomic E-state index is -1.08. The van der Waals surface area contributed by atoms with Gasteiger partial charge in [0.05, 0.1) is 18.6 Å². The van der Waals surface area contributed by atoms with Gasteiger partial charge in [-0.2, -0.15) is 5.26 Å². The predicted octanol–water partition coefficient (Wildman–Crippen LogP) is 0.466. The van der Waals surface area contributed by atoms with Gasteiger partial charge in [0.1, 0.15) is 11.8 Å². The maximum atomic E-state index is 11.9. The van der Waals surface area contributed by atoms with Crippen molar-refractivity contribution in [1.29, 1.82) is 5.26 Å². The molecule has 22 heavy (non-hydrogen) atoms. The number of nitrogens with zero attached hydrogens (tertiary/aromatic N) is 5. The summed E-state index contributed by atoms with van der Waals surface area (Å²) in [4.78, 5) is 23.8. The molecule has 1 amide bonds. The molecule has 7 heteroatoms. The summed E-state index contributed by atoms with van der Waals surface area (Å²) < 4.78 is 0. The summed E-state index contributed by atoms with van der Waals surface area (Å²) in [7, 11) is 3.35. The van der Waals surface area contributed by atoms with Crippen molar-refractivity contribution in [2.24, 2.45) is 0 Å². The number of β-amino-alcohol motifs (C(OH)–C–C–N with tert-alkyl or cyclic N) is 1. The van der Waals surface area contributed by atoms with Crippen LogP contribution >= 0.6 is 0 Å². The van der Waals surface area contributed by atoms with Gasteiger partial charge in [0.2, 0.25) is 11.9 Å². The van der Waals surface area contributed by atoms with Gasteiger partial charge in [-0.25, -0.2) is 9.97 Å². The van der Waals surface area contributed by atoms with E-state index in [1.165, 1.54) is 4.90 Å². The third kappa shape index (κ3) is 3.71. The van der Waals surface area contributed by atoms with Crippen LogP contribution in [0.25, 0.3) is 0 Å². The zero-order chi connectivity index (χ0) is 16.3. The highest BCUT2D eigenvalue weighted by Gasteiger charge is 2.36. The smallest absolute Gasteiger partial charge is 0.226 e. The second-order valence-corrected chi connectivity index (χ2v) is 6.02. The lowest BCUT2D eigenvalue weighted by Crippen LogP contribution is -2.51. The van der Waals surface area contributed by atoms with Crippen molar-refractivity contribution < 1.29 is 9.90 Å². The average Bonchev–Trinajstić information content (AvgIpc) is 2.46. The van der Waals surface area contributed by atoms with Crippen LogP contribution in [0.3, 0.4) is 0 Å². The Bertz CT molecular complexity index is 610. The molecule has 118 valence electrons. The monoisotopic (exact) mass is 303 g/mol. The van der Waals surface area contributed by atoms with Gasteiger partial charge in [0.15, 0.2) is 0 Å². The van der Waals surface area contributed by atoms with E-state index >= 15 is 0 Å². The van der Waals surface area contributed by atoms with Crippen molar-refractivity contribution in [2.75, 3.05) is 32.1 Å². The van der Waals surface area contributed by atoms with Gasteiger partial charge in [-0.1, -0.05) is 0 Å². The minimum Gasteiger partial charge on any atom is -0.388 e. The number of hydrogen-bond donors (Lipinski definition) is 1. The van der Waals surface area contributed by atoms with E-state index < -0.39 is 5.60 Å². The largest absolute Gasteiger partial charge is 0.388 e. The van der Waals surface area contributed by atoms with Crippen LogP contribution in [-0.2, 0) is 4.79 Å². The van der Waals surface area contributed by atoms with E-state index in [0.717, 1.165) is 6.42 Å². The van der Waals surface area contributed by atoms with Crippen molar-refractivity contribution >= 4 is 11.9 Å². The van der Waals surface area contributed by atoms with Crippen LogP contribution in [0.5, 0.6) is 0 Å². The molecule has 1 aliphatic heterocycles. The van der Waals surface area contributed by atoms with E-state index in [9.17, 15) is 9.90 Å². The number of nitriles is 1. The fourth-order valence-corrected chi connectivity index (χ4v) is 2.62. The Morgan fingerprint density at radius 2 is 2.27 bits per heavy atom. The van der Waals surface area contributed by atoms with Crippen molar-refractivity contribution in [3.63, 3.8) is 0 Å². The third-order valence-electron chi connectivity index (χ3n) is 3.77. The molecule has 1 aromatic rings. The maximum Gasteiger partial charge on any atom is 0.226 e. The quantitative estimate of drug-likeness (QED) is 0.872. The summed E-state index contributed by atoms with van der Waals surface area (Å²) in [5, 5.41) is 19.7. The minimum absolute atomic E-state index is 0.0768. The van der Waals surface area contributed by atoms with Crippen LogP contribution in [0.4, 0.5) is 5.95 Å². The molecule has 1 aliphatic rings. The molecule has 1 aromatic heterocycles. The summed E-state index contributed by atoms with van der Waals surface area (Å²) in [5.41, 5.74) is -0.0690. The highest BCUT2D eigenvalue weighted by atomic mass is 16.3. The van der Waals surface area contributed by atoms with E-state index in [-0.39, 0.29) is 12.3 Å². The third-order valence-corrected chi connectivity index (χ3v) is 3.77. The number of aryl methyl sites for hydroxylation is 1. The summed E-state index contributed by atoms with van der Waals surface area (Å²) in [6.07, 6.45) is 1.39. The molecule has 0 aromatic carbocycles. The van der Waals surface area contributed by atoms with Gasteiger partial charge in [-0.05, 0) is 25.8 Å². The number of carbonyl (C=O) groups is 1. The number of carbonyl (C=O) groups excluding carboxylic acids is 1. The number of rotatable bonds is 3. The normalized spacial score (nSPS) is 21.3. The van der Waals surface area contributed by atoms with Crippen LogP contribution in [0.15, 0.2) is 6.07 Å². The summed E-state index contributed by atoms with van der Waals surface area (Å²) in [5.74, 6) is 0.333. The zero-order valence-corrected chi connectivity index (χ0v) is 13.2. The zero-order valence-electron chi connectivity index (χ0n) is 13.2. The van der Waals surface area contributed by atoms with E-state index in [0.29, 0.717) is 36.8 Å². The van der Waals surface area contributed by atoms with Crippen LogP contribution < -0.4 is 4.90 Å². The van der Waals surface area contributed by atoms with Crippen LogP contribution in [0.2, 0.25) is 0 Å². The van der Waals surface area contributed by atoms with Crippen LogP contribution in [0, 0.1) is 18.3 Å². The molecule has 2 rings (SSSR count). The number of anilines is 1. The number of hydrogen-bond acceptors (Lipinski definition) is 6. The Morgan fingerprint density at radius 3 is 2.91 bits per heavy atom. The van der Waals surface area contributed by atoms with E-state index in [1.807, 2.05) is 11.0 Å². The molecule has 1 N–H and O–H groups in total. The molecule has 1 saturated heterocycles. The Kier molecular flexibility index (Phi) is 4.62. The van der Waals surface area contributed by atoms with E-state index in [4.69, 9.17) is 5.26 Å². The van der Waals surface area contributed by atoms with Gasteiger partial charge in [-0.15, -0.1) is 0 Å². The lowest BCUT2D eigenvalue weighted by Gasteiger charge is -2.39. The molecule has 7 nitrogen and oxygen atoms in total. The molecular weight excluding hydrogens is 282 g/mol. The fraction of sp³-hybridized carbons (Fsp3) is 0.600. The topological polar surface area (TPSA) is 93.3 Å². The van der Waals surface area contributed by atoms with Crippen molar-refractivity contribution in [3.05, 3.63) is 17.5 Å². The molecule has 0 aliphatic carbocycles. The molecule has 0 saturated carbocycles. The molecule has 0 spiro atoms. The summed E-state index contributed by atoms with van der Waals surface area (Å²) >= 11 is 0. The average molecular weight is 303 g/mol. The fourth-order valence-electron chi connectivity index (χ4n) is 2.62. The standard InChI is InChI=1S/C15H21N5O2/c1-11-7-12(9-16)18-14(17-11)20-6-4-5-15(22,10-20)8-13(21)19(2)3/h7,22H,4-6,8,10H2,1-3H3. The van der Waals surface area contributed by atoms with Crippen molar-refractivity contribution in [1.82, 2.24) is 14.9 Å². The second-order valence-electron chi connectivity index (χ2n) is 6.02. The van der Waals surface area contributed by atoms with E-state index in [2.05, 4.69) is 9.97 Å². The molecule has 0 bridgehead atoms. The van der Waals surface area contributed by atoms with Crippen LogP contribution in [-0.4, -0.2) is 58.7 Å². The predicted molar refractivity (Wildman–Crippen MR) is 81.2 cm³/mol. The maximum absolute atomic E-state index is 11.9. The van der Waals surface area contributed by atoms with Gasteiger partial charge < -0.3 is 14.9 Å². The van der Waals surface area contributed by atoms with E-state index in [1.54, 1.807) is 27.1 Å². The Labute approximate surface area is 130 Å². The number of aliphatic hydroxyl groups is 1. The highest BCUT2D eigenvalue weighted by Crippen LogP contribution is 2.27. The summed E-state index contributed by atoms with van der Waals surface area (Å²) in [6.45, 7) is 2.80. The van der Waals surface area contributed by atoms with Crippen molar-refractivity contribution in [3.8, 4) is 6.07 Å². The summed E-state index contributed by atoms with van der Waals surface area (Å²) in [6, 6.07) is 3.63. The molecule has 1 atom stereocenters. The first-order valence-corrected chi connectivity index (χ1v) is 7.26. The van der Waals surface area contributed by atoms with Gasteiger partial charge >= 0.3 is 0 Å². The Hall–Kier alpha value is -2.20. The van der Waals surface area contributed by atoms with Crippen molar-refractivity contribution in [2.45, 2.75) is 31.8 Å². The van der Waals surface area contributed by atoms with Gasteiger partial charge in [0.25, 0.3) is 0 Å². The molecule has 2 heterocycles. The number of amides is 1. The number of piperidine rings is 1. The SMILES string of the molecule is Cc1cc(C#N)nc(N2CCCC(O)(CC(=O)N(C)C)C2)n1. The highest BCUT2D eigenvalue weighted by molar-refractivity contribution is 5.76. The lowest BCUT2D eigenvalue weighted by atomic mass is 9.89. The molecule has 1 unspecified atom stereocenters. The number of aromatic nitrogens is 2. The first-order chi connectivity index (χ1) is 10.3. The van der Waals surface area contributed by atoms with Gasteiger partial charge in [-0.3, -0.25) is 4.79 Å². The first-order valence-electron chi connectivity index (χ1n) is 7.26. The Morgan fingerprint density at radius 1 is 1.55 bits per heavy atom. The molecule has 1 fully saturated rings.